The number of amides is 1. The summed E-state index contributed by atoms with van der Waals surface area (Å²) in [4.78, 5) is 15.5. The van der Waals surface area contributed by atoms with Crippen LogP contribution in [0, 0.1) is 0 Å². The minimum atomic E-state index is -0.483. The third-order valence-electron chi connectivity index (χ3n) is 2.68. The molecule has 5 nitrogen and oxygen atoms in total. The first-order valence-corrected chi connectivity index (χ1v) is 6.26. The highest BCUT2D eigenvalue weighted by atomic mass is 16.5. The summed E-state index contributed by atoms with van der Waals surface area (Å²) in [6, 6.07) is 11.3. The molecule has 0 atom stereocenters. The van der Waals surface area contributed by atoms with Gasteiger partial charge in [-0.15, -0.1) is 0 Å². The Balaban J connectivity index is 1.77. The standard InChI is InChI=1S/C15H16N2O3/c18-10-14-6-13(7-16-8-14)9-17-15(19)20-11-12-4-2-1-3-5-12/h1-8,18H,9-11H2,(H,17,19). The molecule has 0 aliphatic rings. The number of aliphatic hydroxyl groups is 1. The molecule has 0 aliphatic heterocycles. The molecule has 0 radical (unpaired) electrons. The number of hydrogen-bond donors (Lipinski definition) is 2. The van der Waals surface area contributed by atoms with Gasteiger partial charge in [0.2, 0.25) is 0 Å². The van der Waals surface area contributed by atoms with Crippen molar-refractivity contribution in [1.82, 2.24) is 10.3 Å². The van der Waals surface area contributed by atoms with E-state index in [1.165, 1.54) is 0 Å². The molecule has 104 valence electrons. The molecule has 0 spiro atoms. The third-order valence-corrected chi connectivity index (χ3v) is 2.68. The molecule has 1 heterocycles. The van der Waals surface area contributed by atoms with Crippen LogP contribution in [0.1, 0.15) is 16.7 Å². The number of ether oxygens (including phenoxy) is 1. The smallest absolute Gasteiger partial charge is 0.407 e. The van der Waals surface area contributed by atoms with E-state index in [1.807, 2.05) is 30.3 Å². The molecule has 2 rings (SSSR count). The number of alkyl carbamates (subject to hydrolysis) is 1. The highest BCUT2D eigenvalue weighted by molar-refractivity contribution is 5.67. The van der Waals surface area contributed by atoms with Crippen molar-refractivity contribution in [3.05, 3.63) is 65.5 Å². The molecule has 0 unspecified atom stereocenters. The Bertz CT molecular complexity index is 558. The van der Waals surface area contributed by atoms with E-state index >= 15 is 0 Å². The van der Waals surface area contributed by atoms with E-state index in [1.54, 1.807) is 18.5 Å². The number of nitrogens with one attached hydrogen (secondary N) is 1. The van der Waals surface area contributed by atoms with Gasteiger partial charge in [0.1, 0.15) is 6.61 Å². The minimum Gasteiger partial charge on any atom is -0.445 e. The van der Waals surface area contributed by atoms with E-state index in [-0.39, 0.29) is 13.2 Å². The fourth-order valence-electron chi connectivity index (χ4n) is 1.67. The number of nitrogens with zero attached hydrogens (tertiary/aromatic N) is 1. The van der Waals surface area contributed by atoms with Crippen molar-refractivity contribution in [1.29, 1.82) is 0 Å². The van der Waals surface area contributed by atoms with Crippen molar-refractivity contribution in [3.63, 3.8) is 0 Å². The molecule has 0 saturated carbocycles. The zero-order chi connectivity index (χ0) is 14.2. The van der Waals surface area contributed by atoms with Crippen molar-refractivity contribution in [2.75, 3.05) is 0 Å². The van der Waals surface area contributed by atoms with Crippen molar-refractivity contribution in [2.45, 2.75) is 19.8 Å². The van der Waals surface area contributed by atoms with Crippen LogP contribution in [-0.2, 0) is 24.5 Å². The van der Waals surface area contributed by atoms with E-state index in [4.69, 9.17) is 9.84 Å². The second-order valence-electron chi connectivity index (χ2n) is 4.27. The molecule has 2 N–H and O–H groups in total. The van der Waals surface area contributed by atoms with Crippen molar-refractivity contribution in [2.24, 2.45) is 0 Å². The van der Waals surface area contributed by atoms with Crippen LogP contribution in [-0.4, -0.2) is 16.2 Å². The molecule has 0 fully saturated rings. The number of pyridine rings is 1. The largest absolute Gasteiger partial charge is 0.445 e. The summed E-state index contributed by atoms with van der Waals surface area (Å²) in [6.07, 6.45) is 2.73. The van der Waals surface area contributed by atoms with Gasteiger partial charge in [-0.05, 0) is 22.8 Å². The van der Waals surface area contributed by atoms with Crippen LogP contribution in [0.5, 0.6) is 0 Å². The molecule has 1 aromatic carbocycles. The summed E-state index contributed by atoms with van der Waals surface area (Å²) in [5.41, 5.74) is 2.46. The summed E-state index contributed by atoms with van der Waals surface area (Å²) < 4.78 is 5.09. The fraction of sp³-hybridized carbons (Fsp3) is 0.200. The first-order chi connectivity index (χ1) is 9.78. The van der Waals surface area contributed by atoms with Crippen LogP contribution >= 0.6 is 0 Å². The maximum atomic E-state index is 11.5. The topological polar surface area (TPSA) is 71.5 Å². The van der Waals surface area contributed by atoms with Gasteiger partial charge in [0, 0.05) is 18.9 Å². The maximum absolute atomic E-state index is 11.5. The Labute approximate surface area is 117 Å². The van der Waals surface area contributed by atoms with Gasteiger partial charge in [-0.3, -0.25) is 4.98 Å². The molecule has 20 heavy (non-hydrogen) atoms. The van der Waals surface area contributed by atoms with Crippen LogP contribution in [0.4, 0.5) is 4.79 Å². The van der Waals surface area contributed by atoms with Crippen molar-refractivity contribution < 1.29 is 14.6 Å². The van der Waals surface area contributed by atoms with Gasteiger partial charge in [-0.25, -0.2) is 4.79 Å². The van der Waals surface area contributed by atoms with Crippen molar-refractivity contribution in [3.8, 4) is 0 Å². The lowest BCUT2D eigenvalue weighted by Gasteiger charge is -2.07. The van der Waals surface area contributed by atoms with Crippen LogP contribution in [0.2, 0.25) is 0 Å². The zero-order valence-corrected chi connectivity index (χ0v) is 11.0. The Morgan fingerprint density at radius 2 is 1.90 bits per heavy atom. The van der Waals surface area contributed by atoms with Gasteiger partial charge >= 0.3 is 6.09 Å². The first kappa shape index (κ1) is 14.0. The number of rotatable bonds is 5. The predicted octanol–water partition coefficient (Wildman–Crippen LogP) is 2.00. The van der Waals surface area contributed by atoms with E-state index in [0.29, 0.717) is 12.1 Å². The quantitative estimate of drug-likeness (QED) is 0.873. The molecule has 2 aromatic rings. The third kappa shape index (κ3) is 4.37. The van der Waals surface area contributed by atoms with Crippen molar-refractivity contribution >= 4 is 6.09 Å². The van der Waals surface area contributed by atoms with E-state index in [9.17, 15) is 4.79 Å². The monoisotopic (exact) mass is 272 g/mol. The predicted molar refractivity (Wildman–Crippen MR) is 73.6 cm³/mol. The normalized spacial score (nSPS) is 10.1. The van der Waals surface area contributed by atoms with Crippen LogP contribution in [0.3, 0.4) is 0 Å². The lowest BCUT2D eigenvalue weighted by atomic mass is 10.2. The SMILES string of the molecule is O=C(NCc1cncc(CO)c1)OCc1ccccc1. The molecular weight excluding hydrogens is 256 g/mol. The number of aromatic nitrogens is 1. The lowest BCUT2D eigenvalue weighted by Crippen LogP contribution is -2.23. The number of hydrogen-bond acceptors (Lipinski definition) is 4. The van der Waals surface area contributed by atoms with Crippen LogP contribution in [0.15, 0.2) is 48.8 Å². The van der Waals surface area contributed by atoms with Crippen LogP contribution < -0.4 is 5.32 Å². The number of benzene rings is 1. The minimum absolute atomic E-state index is 0.0701. The number of aliphatic hydroxyl groups excluding tert-OH is 1. The summed E-state index contributed by atoms with van der Waals surface area (Å²) in [7, 11) is 0. The molecule has 1 amide bonds. The average molecular weight is 272 g/mol. The summed E-state index contributed by atoms with van der Waals surface area (Å²) in [5, 5.41) is 11.6. The number of carbonyl (C=O) groups is 1. The zero-order valence-electron chi connectivity index (χ0n) is 11.0. The van der Waals surface area contributed by atoms with Gasteiger partial charge in [0.05, 0.1) is 6.61 Å². The lowest BCUT2D eigenvalue weighted by molar-refractivity contribution is 0.139. The first-order valence-electron chi connectivity index (χ1n) is 6.26. The van der Waals surface area contributed by atoms with Gasteiger partial charge in [0.25, 0.3) is 0 Å². The Morgan fingerprint density at radius 3 is 2.65 bits per heavy atom. The number of carbonyl (C=O) groups excluding carboxylic acids is 1. The van der Waals surface area contributed by atoms with Crippen LogP contribution in [0.25, 0.3) is 0 Å². The van der Waals surface area contributed by atoms with Gasteiger partial charge in [-0.2, -0.15) is 0 Å². The molecule has 0 bridgehead atoms. The van der Waals surface area contributed by atoms with E-state index in [2.05, 4.69) is 10.3 Å². The van der Waals surface area contributed by atoms with E-state index < -0.39 is 6.09 Å². The molecule has 0 aliphatic carbocycles. The molecule has 5 heteroatoms. The van der Waals surface area contributed by atoms with Gasteiger partial charge in [0.15, 0.2) is 0 Å². The Kier molecular flexibility index (Phi) is 5.08. The fourth-order valence-corrected chi connectivity index (χ4v) is 1.67. The van der Waals surface area contributed by atoms with Gasteiger partial charge in [-0.1, -0.05) is 30.3 Å². The highest BCUT2D eigenvalue weighted by Gasteiger charge is 2.03. The second-order valence-corrected chi connectivity index (χ2v) is 4.27. The molecular formula is C15H16N2O3. The average Bonchev–Trinajstić information content (AvgIpc) is 2.52. The van der Waals surface area contributed by atoms with Gasteiger partial charge < -0.3 is 15.2 Å². The maximum Gasteiger partial charge on any atom is 0.407 e. The highest BCUT2D eigenvalue weighted by Crippen LogP contribution is 2.03. The Morgan fingerprint density at radius 1 is 1.15 bits per heavy atom. The van der Waals surface area contributed by atoms with E-state index in [0.717, 1.165) is 11.1 Å². The Hall–Kier alpha value is -2.40. The second kappa shape index (κ2) is 7.25. The summed E-state index contributed by atoms with van der Waals surface area (Å²) >= 11 is 0. The molecule has 0 saturated heterocycles. The molecule has 1 aromatic heterocycles. The summed E-state index contributed by atoms with van der Waals surface area (Å²) in [6.45, 7) is 0.482. The summed E-state index contributed by atoms with van der Waals surface area (Å²) in [5.74, 6) is 0.